The topological polar surface area (TPSA) is 54.7 Å². The molecule has 1 heterocycles. The molecule has 2 rings (SSSR count). The number of hydrogen-bond acceptors (Lipinski definition) is 2. The molecular weight excluding hydrogens is 265 g/mol. The Hall–Kier alpha value is -1.39. The van der Waals surface area contributed by atoms with E-state index in [1.165, 1.54) is 6.07 Å². The van der Waals surface area contributed by atoms with Crippen LogP contribution in [0.25, 0.3) is 11.3 Å². The Bertz CT molecular complexity index is 566. The lowest BCUT2D eigenvalue weighted by Gasteiger charge is -2.15. The molecule has 0 radical (unpaired) electrons. The smallest absolute Gasteiger partial charge is 0.141 e. The van der Waals surface area contributed by atoms with Crippen LogP contribution in [0.5, 0.6) is 0 Å². The Morgan fingerprint density at radius 2 is 2.16 bits per heavy atom. The molecule has 0 fully saturated rings. The molecule has 1 aromatic heterocycles. The predicted molar refractivity (Wildman–Crippen MR) is 75.6 cm³/mol. The Morgan fingerprint density at radius 3 is 2.74 bits per heavy atom. The van der Waals surface area contributed by atoms with Crippen molar-refractivity contribution in [2.45, 2.75) is 19.8 Å². The van der Waals surface area contributed by atoms with Crippen LogP contribution in [0.1, 0.15) is 25.6 Å². The van der Waals surface area contributed by atoms with Crippen molar-refractivity contribution in [3.8, 4) is 11.3 Å². The van der Waals surface area contributed by atoms with Gasteiger partial charge >= 0.3 is 0 Å². The summed E-state index contributed by atoms with van der Waals surface area (Å²) in [4.78, 5) is 7.60. The van der Waals surface area contributed by atoms with Crippen LogP contribution in [0, 0.1) is 11.7 Å². The fourth-order valence-corrected chi connectivity index (χ4v) is 2.22. The number of aromatic nitrogens is 2. The minimum absolute atomic E-state index is 0.105. The van der Waals surface area contributed by atoms with Crippen molar-refractivity contribution in [1.82, 2.24) is 9.97 Å². The van der Waals surface area contributed by atoms with E-state index in [0.717, 1.165) is 17.1 Å². The van der Waals surface area contributed by atoms with Crippen molar-refractivity contribution in [2.75, 3.05) is 6.54 Å². The molecule has 19 heavy (non-hydrogen) atoms. The number of nitrogens with zero attached hydrogens (tertiary/aromatic N) is 1. The number of halogens is 2. The van der Waals surface area contributed by atoms with Gasteiger partial charge in [0.25, 0.3) is 0 Å². The standard InChI is InChI=1S/C14H17ClFN3/c1-8(2)10(6-17)14-18-7-13(19-14)9-3-4-12(16)11(15)5-9/h3-5,7-8,10H,6,17H2,1-2H3,(H,18,19). The van der Waals surface area contributed by atoms with E-state index in [0.29, 0.717) is 12.5 Å². The highest BCUT2D eigenvalue weighted by molar-refractivity contribution is 6.31. The maximum atomic E-state index is 13.1. The molecule has 0 saturated heterocycles. The summed E-state index contributed by atoms with van der Waals surface area (Å²) in [5.74, 6) is 1.02. The maximum absolute atomic E-state index is 13.1. The van der Waals surface area contributed by atoms with Gasteiger partial charge < -0.3 is 10.7 Å². The molecule has 1 aromatic carbocycles. The quantitative estimate of drug-likeness (QED) is 0.900. The molecule has 102 valence electrons. The van der Waals surface area contributed by atoms with Crippen LogP contribution < -0.4 is 5.73 Å². The number of nitrogens with two attached hydrogens (primary N) is 1. The molecule has 0 aliphatic carbocycles. The minimum Gasteiger partial charge on any atom is -0.342 e. The zero-order chi connectivity index (χ0) is 14.0. The van der Waals surface area contributed by atoms with E-state index in [1.807, 2.05) is 0 Å². The van der Waals surface area contributed by atoms with E-state index < -0.39 is 5.82 Å². The van der Waals surface area contributed by atoms with Gasteiger partial charge in [-0.3, -0.25) is 0 Å². The fourth-order valence-electron chi connectivity index (χ4n) is 2.03. The molecule has 1 atom stereocenters. The second-order valence-electron chi connectivity index (χ2n) is 4.90. The maximum Gasteiger partial charge on any atom is 0.141 e. The van der Waals surface area contributed by atoms with Gasteiger partial charge in [0.2, 0.25) is 0 Å². The van der Waals surface area contributed by atoms with Crippen molar-refractivity contribution in [3.63, 3.8) is 0 Å². The highest BCUT2D eigenvalue weighted by Gasteiger charge is 2.17. The average molecular weight is 282 g/mol. The van der Waals surface area contributed by atoms with Gasteiger partial charge in [0, 0.05) is 18.0 Å². The van der Waals surface area contributed by atoms with Gasteiger partial charge in [-0.05, 0) is 24.1 Å². The first-order valence-corrected chi connectivity index (χ1v) is 6.61. The summed E-state index contributed by atoms with van der Waals surface area (Å²) in [5, 5.41) is 0.105. The zero-order valence-electron chi connectivity index (χ0n) is 11.0. The number of rotatable bonds is 4. The second kappa shape index (κ2) is 5.72. The number of nitrogens with one attached hydrogen (secondary N) is 1. The van der Waals surface area contributed by atoms with Crippen molar-refractivity contribution < 1.29 is 4.39 Å². The largest absolute Gasteiger partial charge is 0.342 e. The lowest BCUT2D eigenvalue weighted by molar-refractivity contribution is 0.487. The number of aromatic amines is 1. The first-order valence-electron chi connectivity index (χ1n) is 6.23. The zero-order valence-corrected chi connectivity index (χ0v) is 11.7. The SMILES string of the molecule is CC(C)C(CN)c1ncc(-c2ccc(F)c(Cl)c2)[nH]1. The number of benzene rings is 1. The van der Waals surface area contributed by atoms with E-state index in [-0.39, 0.29) is 10.9 Å². The van der Waals surface area contributed by atoms with Gasteiger partial charge in [-0.25, -0.2) is 9.37 Å². The molecule has 0 aliphatic heterocycles. The van der Waals surface area contributed by atoms with Crippen LogP contribution in [0.3, 0.4) is 0 Å². The van der Waals surface area contributed by atoms with Crippen molar-refractivity contribution >= 4 is 11.6 Å². The summed E-state index contributed by atoms with van der Waals surface area (Å²) in [7, 11) is 0. The van der Waals surface area contributed by atoms with Gasteiger partial charge in [-0.1, -0.05) is 25.4 Å². The van der Waals surface area contributed by atoms with Crippen LogP contribution in [0.2, 0.25) is 5.02 Å². The minimum atomic E-state index is -0.424. The molecule has 3 N–H and O–H groups in total. The first kappa shape index (κ1) is 14.0. The van der Waals surface area contributed by atoms with Gasteiger partial charge in [0.1, 0.15) is 11.6 Å². The normalized spacial score (nSPS) is 12.9. The molecule has 0 aliphatic rings. The number of imidazole rings is 1. The van der Waals surface area contributed by atoms with Crippen LogP contribution in [-0.2, 0) is 0 Å². The summed E-state index contributed by atoms with van der Waals surface area (Å²) in [6, 6.07) is 4.60. The third-order valence-electron chi connectivity index (χ3n) is 3.24. The van der Waals surface area contributed by atoms with Crippen molar-refractivity contribution in [1.29, 1.82) is 0 Å². The highest BCUT2D eigenvalue weighted by atomic mass is 35.5. The van der Waals surface area contributed by atoms with Gasteiger partial charge in [0.05, 0.1) is 16.9 Å². The van der Waals surface area contributed by atoms with E-state index in [1.54, 1.807) is 18.3 Å². The lowest BCUT2D eigenvalue weighted by atomic mass is 9.95. The third-order valence-corrected chi connectivity index (χ3v) is 3.53. The summed E-state index contributed by atoms with van der Waals surface area (Å²) in [6.07, 6.45) is 1.73. The van der Waals surface area contributed by atoms with E-state index in [2.05, 4.69) is 23.8 Å². The Balaban J connectivity index is 2.32. The molecule has 0 bridgehead atoms. The Kier molecular flexibility index (Phi) is 4.22. The van der Waals surface area contributed by atoms with Gasteiger partial charge in [-0.15, -0.1) is 0 Å². The molecule has 5 heteroatoms. The van der Waals surface area contributed by atoms with E-state index in [4.69, 9.17) is 17.3 Å². The predicted octanol–water partition coefficient (Wildman–Crippen LogP) is 3.57. The first-order chi connectivity index (χ1) is 9.02. The van der Waals surface area contributed by atoms with Crippen molar-refractivity contribution in [3.05, 3.63) is 41.1 Å². The Morgan fingerprint density at radius 1 is 1.42 bits per heavy atom. The van der Waals surface area contributed by atoms with Crippen LogP contribution in [0.4, 0.5) is 4.39 Å². The monoisotopic (exact) mass is 281 g/mol. The van der Waals surface area contributed by atoms with Gasteiger partial charge in [-0.2, -0.15) is 0 Å². The average Bonchev–Trinajstić information content (AvgIpc) is 2.82. The number of hydrogen-bond donors (Lipinski definition) is 2. The summed E-state index contributed by atoms with van der Waals surface area (Å²) in [6.45, 7) is 4.75. The van der Waals surface area contributed by atoms with Crippen molar-refractivity contribution in [2.24, 2.45) is 11.7 Å². The van der Waals surface area contributed by atoms with Crippen LogP contribution in [0.15, 0.2) is 24.4 Å². The number of H-pyrrole nitrogens is 1. The molecule has 0 amide bonds. The molecule has 2 aromatic rings. The van der Waals surface area contributed by atoms with Crippen LogP contribution in [-0.4, -0.2) is 16.5 Å². The molecular formula is C14H17ClFN3. The molecule has 0 spiro atoms. The highest BCUT2D eigenvalue weighted by Crippen LogP contribution is 2.26. The summed E-state index contributed by atoms with van der Waals surface area (Å²) >= 11 is 5.78. The third kappa shape index (κ3) is 2.96. The lowest BCUT2D eigenvalue weighted by Crippen LogP contribution is -2.19. The fraction of sp³-hybridized carbons (Fsp3) is 0.357. The van der Waals surface area contributed by atoms with E-state index in [9.17, 15) is 4.39 Å². The molecule has 3 nitrogen and oxygen atoms in total. The summed E-state index contributed by atoms with van der Waals surface area (Å²) in [5.41, 5.74) is 7.39. The molecule has 1 unspecified atom stereocenters. The van der Waals surface area contributed by atoms with E-state index >= 15 is 0 Å². The van der Waals surface area contributed by atoms with Gasteiger partial charge in [0.15, 0.2) is 0 Å². The Labute approximate surface area is 117 Å². The van der Waals surface area contributed by atoms with Crippen LogP contribution >= 0.6 is 11.6 Å². The summed E-state index contributed by atoms with van der Waals surface area (Å²) < 4.78 is 13.1. The second-order valence-corrected chi connectivity index (χ2v) is 5.30. The molecule has 0 saturated carbocycles.